The molecular formula is C16H14N2O3. The van der Waals surface area contributed by atoms with Gasteiger partial charge in [0.2, 0.25) is 0 Å². The van der Waals surface area contributed by atoms with E-state index in [4.69, 9.17) is 10.00 Å². The highest BCUT2D eigenvalue weighted by Gasteiger charge is 2.15. The van der Waals surface area contributed by atoms with Gasteiger partial charge in [0.05, 0.1) is 11.6 Å². The lowest BCUT2D eigenvalue weighted by Crippen LogP contribution is -2.30. The molecule has 2 aromatic carbocycles. The monoisotopic (exact) mass is 282 g/mol. The summed E-state index contributed by atoms with van der Waals surface area (Å²) in [4.78, 5) is 12.0. The Morgan fingerprint density at radius 2 is 2.00 bits per heavy atom. The molecule has 1 amide bonds. The van der Waals surface area contributed by atoms with Crippen LogP contribution in [0.4, 0.5) is 5.69 Å². The number of carbonyl (C=O) groups is 1. The number of benzene rings is 2. The van der Waals surface area contributed by atoms with Crippen molar-refractivity contribution in [2.45, 2.75) is 13.0 Å². The van der Waals surface area contributed by atoms with Gasteiger partial charge in [-0.25, -0.2) is 0 Å². The summed E-state index contributed by atoms with van der Waals surface area (Å²) in [5, 5.41) is 20.7. The number of amides is 1. The molecule has 1 unspecified atom stereocenters. The maximum Gasteiger partial charge on any atom is 0.265 e. The third kappa shape index (κ3) is 3.98. The summed E-state index contributed by atoms with van der Waals surface area (Å²) in [5.74, 6) is 0.256. The van der Waals surface area contributed by atoms with Gasteiger partial charge in [-0.05, 0) is 43.3 Å². The SMILES string of the molecule is CC(Oc1ccc(C#N)cc1)C(=O)Nc1cccc(O)c1. The highest BCUT2D eigenvalue weighted by atomic mass is 16.5. The second-order valence-corrected chi connectivity index (χ2v) is 4.44. The van der Waals surface area contributed by atoms with Crippen LogP contribution in [-0.4, -0.2) is 17.1 Å². The van der Waals surface area contributed by atoms with Crippen LogP contribution in [0.25, 0.3) is 0 Å². The Hall–Kier alpha value is -3.00. The van der Waals surface area contributed by atoms with Crippen LogP contribution in [0, 0.1) is 11.3 Å². The van der Waals surface area contributed by atoms with Crippen molar-refractivity contribution < 1.29 is 14.6 Å². The van der Waals surface area contributed by atoms with Gasteiger partial charge in [0.1, 0.15) is 11.5 Å². The Morgan fingerprint density at radius 3 is 2.62 bits per heavy atom. The molecule has 0 aromatic heterocycles. The number of hydrogen-bond acceptors (Lipinski definition) is 4. The van der Waals surface area contributed by atoms with Gasteiger partial charge in [-0.3, -0.25) is 4.79 Å². The van der Waals surface area contributed by atoms with Gasteiger partial charge < -0.3 is 15.2 Å². The molecule has 106 valence electrons. The number of aromatic hydroxyl groups is 1. The molecular weight excluding hydrogens is 268 g/mol. The summed E-state index contributed by atoms with van der Waals surface area (Å²) in [7, 11) is 0. The summed E-state index contributed by atoms with van der Waals surface area (Å²) in [6.07, 6.45) is -0.708. The molecule has 0 radical (unpaired) electrons. The minimum atomic E-state index is -0.708. The molecule has 2 rings (SSSR count). The molecule has 21 heavy (non-hydrogen) atoms. The zero-order chi connectivity index (χ0) is 15.2. The van der Waals surface area contributed by atoms with Crippen molar-refractivity contribution in [3.05, 3.63) is 54.1 Å². The zero-order valence-electron chi connectivity index (χ0n) is 11.4. The van der Waals surface area contributed by atoms with Crippen molar-refractivity contribution in [3.63, 3.8) is 0 Å². The summed E-state index contributed by atoms with van der Waals surface area (Å²) in [6.45, 7) is 1.62. The van der Waals surface area contributed by atoms with Crippen molar-refractivity contribution in [1.82, 2.24) is 0 Å². The van der Waals surface area contributed by atoms with Crippen LogP contribution < -0.4 is 10.1 Å². The van der Waals surface area contributed by atoms with Crippen molar-refractivity contribution >= 4 is 11.6 Å². The van der Waals surface area contributed by atoms with Crippen LogP contribution in [0.2, 0.25) is 0 Å². The average molecular weight is 282 g/mol. The second kappa shape index (κ2) is 6.44. The summed E-state index contributed by atoms with van der Waals surface area (Å²) < 4.78 is 5.49. The van der Waals surface area contributed by atoms with Crippen molar-refractivity contribution in [2.75, 3.05) is 5.32 Å². The fraction of sp³-hybridized carbons (Fsp3) is 0.125. The van der Waals surface area contributed by atoms with Gasteiger partial charge in [-0.1, -0.05) is 6.07 Å². The van der Waals surface area contributed by atoms with Gasteiger partial charge in [0.15, 0.2) is 6.10 Å². The number of anilines is 1. The molecule has 0 spiro atoms. The lowest BCUT2D eigenvalue weighted by Gasteiger charge is -2.14. The van der Waals surface area contributed by atoms with Crippen LogP contribution >= 0.6 is 0 Å². The van der Waals surface area contributed by atoms with Gasteiger partial charge in [-0.15, -0.1) is 0 Å². The minimum absolute atomic E-state index is 0.0773. The summed E-state index contributed by atoms with van der Waals surface area (Å²) in [6, 6.07) is 14.8. The quantitative estimate of drug-likeness (QED) is 0.903. The predicted molar refractivity (Wildman–Crippen MR) is 78.0 cm³/mol. The van der Waals surface area contributed by atoms with Crippen LogP contribution in [0.5, 0.6) is 11.5 Å². The van der Waals surface area contributed by atoms with Crippen molar-refractivity contribution in [1.29, 1.82) is 5.26 Å². The van der Waals surface area contributed by atoms with E-state index in [1.807, 2.05) is 6.07 Å². The first-order valence-electron chi connectivity index (χ1n) is 6.35. The fourth-order valence-corrected chi connectivity index (χ4v) is 1.69. The molecule has 0 heterocycles. The molecule has 0 saturated heterocycles. The van der Waals surface area contributed by atoms with Gasteiger partial charge >= 0.3 is 0 Å². The smallest absolute Gasteiger partial charge is 0.265 e. The van der Waals surface area contributed by atoms with E-state index in [9.17, 15) is 9.90 Å². The number of hydrogen-bond donors (Lipinski definition) is 2. The van der Waals surface area contributed by atoms with E-state index in [1.54, 1.807) is 43.3 Å². The predicted octanol–water partition coefficient (Wildman–Crippen LogP) is 2.67. The molecule has 0 fully saturated rings. The number of carbonyl (C=O) groups excluding carboxylic acids is 1. The molecule has 0 saturated carbocycles. The lowest BCUT2D eigenvalue weighted by atomic mass is 10.2. The number of rotatable bonds is 4. The number of nitriles is 1. The molecule has 1 atom stereocenters. The third-order valence-corrected chi connectivity index (χ3v) is 2.78. The lowest BCUT2D eigenvalue weighted by molar-refractivity contribution is -0.122. The number of nitrogens with one attached hydrogen (secondary N) is 1. The Morgan fingerprint density at radius 1 is 1.29 bits per heavy atom. The summed E-state index contributed by atoms with van der Waals surface area (Å²) in [5.41, 5.74) is 1.02. The Bertz CT molecular complexity index is 675. The molecule has 2 aromatic rings. The van der Waals surface area contributed by atoms with E-state index < -0.39 is 6.10 Å². The maximum atomic E-state index is 12.0. The largest absolute Gasteiger partial charge is 0.508 e. The van der Waals surface area contributed by atoms with Gasteiger partial charge in [0, 0.05) is 11.8 Å². The third-order valence-electron chi connectivity index (χ3n) is 2.78. The minimum Gasteiger partial charge on any atom is -0.508 e. The highest BCUT2D eigenvalue weighted by molar-refractivity contribution is 5.94. The topological polar surface area (TPSA) is 82.3 Å². The first kappa shape index (κ1) is 14.4. The van der Waals surface area contributed by atoms with E-state index in [0.29, 0.717) is 17.0 Å². The first-order valence-corrected chi connectivity index (χ1v) is 6.35. The number of nitrogens with zero attached hydrogens (tertiary/aromatic N) is 1. The first-order chi connectivity index (χ1) is 10.1. The second-order valence-electron chi connectivity index (χ2n) is 4.44. The standard InChI is InChI=1S/C16H14N2O3/c1-11(21-15-7-5-12(10-17)6-8-15)16(20)18-13-3-2-4-14(19)9-13/h2-9,11,19H,1H3,(H,18,20). The molecule has 0 aliphatic carbocycles. The molecule has 5 nitrogen and oxygen atoms in total. The van der Waals surface area contributed by atoms with E-state index in [0.717, 1.165) is 0 Å². The molecule has 0 aliphatic heterocycles. The average Bonchev–Trinajstić information content (AvgIpc) is 2.48. The van der Waals surface area contributed by atoms with Gasteiger partial charge in [-0.2, -0.15) is 5.26 Å². The zero-order valence-corrected chi connectivity index (χ0v) is 11.4. The van der Waals surface area contributed by atoms with Crippen LogP contribution in [0.1, 0.15) is 12.5 Å². The van der Waals surface area contributed by atoms with Crippen LogP contribution in [-0.2, 0) is 4.79 Å². The number of phenols is 1. The van der Waals surface area contributed by atoms with Crippen molar-refractivity contribution in [2.24, 2.45) is 0 Å². The maximum absolute atomic E-state index is 12.0. The molecule has 2 N–H and O–H groups in total. The Kier molecular flexibility index (Phi) is 4.42. The highest BCUT2D eigenvalue weighted by Crippen LogP contribution is 2.17. The molecule has 0 aliphatic rings. The summed E-state index contributed by atoms with van der Waals surface area (Å²) >= 11 is 0. The van der Waals surface area contributed by atoms with Gasteiger partial charge in [0.25, 0.3) is 5.91 Å². The van der Waals surface area contributed by atoms with E-state index in [2.05, 4.69) is 5.32 Å². The van der Waals surface area contributed by atoms with E-state index in [-0.39, 0.29) is 11.7 Å². The van der Waals surface area contributed by atoms with E-state index >= 15 is 0 Å². The van der Waals surface area contributed by atoms with E-state index in [1.165, 1.54) is 12.1 Å². The molecule has 5 heteroatoms. The van der Waals surface area contributed by atoms with Crippen LogP contribution in [0.15, 0.2) is 48.5 Å². The van der Waals surface area contributed by atoms with Crippen LogP contribution in [0.3, 0.4) is 0 Å². The Balaban J connectivity index is 1.97. The van der Waals surface area contributed by atoms with Crippen molar-refractivity contribution in [3.8, 4) is 17.6 Å². The molecule has 0 bridgehead atoms. The normalized spacial score (nSPS) is 11.2. The number of phenolic OH excluding ortho intramolecular Hbond substituents is 1. The Labute approximate surface area is 122 Å². The number of ether oxygens (including phenoxy) is 1. The fourth-order valence-electron chi connectivity index (χ4n) is 1.69.